The normalized spacial score (nSPS) is 14.1. The lowest BCUT2D eigenvalue weighted by atomic mass is 9.98. The van der Waals surface area contributed by atoms with Crippen molar-refractivity contribution < 1.29 is 33.0 Å². The Labute approximate surface area is 196 Å². The molecular formula is C25H28F2N2O5. The molecule has 0 fully saturated rings. The minimum atomic E-state index is -3.03. The molecule has 3 rings (SSSR count). The fourth-order valence-corrected chi connectivity index (χ4v) is 4.16. The number of carbonyl (C=O) groups excluding carboxylic acids is 2. The molecule has 0 saturated heterocycles. The molecule has 34 heavy (non-hydrogen) atoms. The second-order valence-electron chi connectivity index (χ2n) is 8.29. The summed E-state index contributed by atoms with van der Waals surface area (Å²) < 4.78 is 32.5. The van der Waals surface area contributed by atoms with E-state index in [9.17, 15) is 23.2 Å². The second kappa shape index (κ2) is 11.1. The Morgan fingerprint density at radius 1 is 1.06 bits per heavy atom. The average Bonchev–Trinajstić information content (AvgIpc) is 3.13. The summed E-state index contributed by atoms with van der Waals surface area (Å²) in [7, 11) is 0. The lowest BCUT2D eigenvalue weighted by Gasteiger charge is -2.28. The molecule has 0 bridgehead atoms. The first-order chi connectivity index (χ1) is 16.2. The lowest BCUT2D eigenvalue weighted by Crippen LogP contribution is -2.48. The van der Waals surface area contributed by atoms with E-state index in [1.54, 1.807) is 13.8 Å². The van der Waals surface area contributed by atoms with E-state index in [0.29, 0.717) is 6.42 Å². The number of carboxylic acid groups (broad SMARTS) is 1. The number of alkyl carbamates (subject to hydrolysis) is 1. The van der Waals surface area contributed by atoms with Crippen LogP contribution in [0.4, 0.5) is 13.6 Å². The Bertz CT molecular complexity index is 1000. The van der Waals surface area contributed by atoms with E-state index in [4.69, 9.17) is 9.84 Å². The van der Waals surface area contributed by atoms with Gasteiger partial charge in [-0.15, -0.1) is 0 Å². The molecule has 2 N–H and O–H groups in total. The Hall–Kier alpha value is -3.49. The number of amides is 2. The predicted octanol–water partition coefficient (Wildman–Crippen LogP) is 4.26. The summed E-state index contributed by atoms with van der Waals surface area (Å²) >= 11 is 0. The van der Waals surface area contributed by atoms with Crippen LogP contribution in [0.1, 0.15) is 43.7 Å². The molecule has 2 atom stereocenters. The van der Waals surface area contributed by atoms with Crippen LogP contribution < -0.4 is 5.32 Å². The van der Waals surface area contributed by atoms with Crippen molar-refractivity contribution in [2.75, 3.05) is 13.2 Å². The first-order valence-electron chi connectivity index (χ1n) is 11.1. The Kier molecular flexibility index (Phi) is 8.20. The molecule has 0 radical (unpaired) electrons. The fourth-order valence-electron chi connectivity index (χ4n) is 4.16. The highest BCUT2D eigenvalue weighted by molar-refractivity contribution is 5.83. The van der Waals surface area contributed by atoms with Gasteiger partial charge in [0.25, 0.3) is 6.43 Å². The maximum Gasteiger partial charge on any atom is 0.407 e. The summed E-state index contributed by atoms with van der Waals surface area (Å²) in [4.78, 5) is 37.0. The van der Waals surface area contributed by atoms with Gasteiger partial charge < -0.3 is 20.1 Å². The molecule has 1 aliphatic carbocycles. The van der Waals surface area contributed by atoms with Crippen molar-refractivity contribution >= 4 is 18.0 Å². The first kappa shape index (κ1) is 25.1. The van der Waals surface area contributed by atoms with Gasteiger partial charge in [-0.1, -0.05) is 55.5 Å². The molecule has 0 spiro atoms. The predicted molar refractivity (Wildman–Crippen MR) is 122 cm³/mol. The minimum Gasteiger partial charge on any atom is -0.480 e. The topological polar surface area (TPSA) is 95.9 Å². The van der Waals surface area contributed by atoms with Crippen LogP contribution in [0.15, 0.2) is 48.5 Å². The number of hydrogen-bond donors (Lipinski definition) is 2. The number of fused-ring (bicyclic) bond motifs is 3. The molecule has 182 valence electrons. The molecule has 2 aromatic rings. The Balaban J connectivity index is 1.65. The standard InChI is InChI=1S/C25H28F2N2O5/c1-3-15(2)29(13-23(31)32)22(30)12-21(24(26)27)28-25(33)34-14-20-18-10-6-4-8-16(18)17-9-5-7-11-19(17)20/h4-11,15,20-21,24H,3,12-14H2,1-2H3,(H,28,33)(H,31,32). The molecule has 0 aliphatic heterocycles. The van der Waals surface area contributed by atoms with Gasteiger partial charge in [0, 0.05) is 12.0 Å². The molecule has 9 heteroatoms. The van der Waals surface area contributed by atoms with Crippen LogP contribution in [-0.2, 0) is 14.3 Å². The van der Waals surface area contributed by atoms with Gasteiger partial charge in [0.1, 0.15) is 19.2 Å². The van der Waals surface area contributed by atoms with Crippen LogP contribution in [0.2, 0.25) is 0 Å². The van der Waals surface area contributed by atoms with E-state index in [1.165, 1.54) is 0 Å². The number of rotatable bonds is 10. The van der Waals surface area contributed by atoms with E-state index in [-0.39, 0.29) is 12.5 Å². The third kappa shape index (κ3) is 5.70. The summed E-state index contributed by atoms with van der Waals surface area (Å²) in [6.45, 7) is 2.74. The van der Waals surface area contributed by atoms with Crippen molar-refractivity contribution in [1.82, 2.24) is 10.2 Å². The number of carboxylic acids is 1. The molecule has 0 aromatic heterocycles. The van der Waals surface area contributed by atoms with Gasteiger partial charge in [0.05, 0.1) is 6.42 Å². The highest BCUT2D eigenvalue weighted by atomic mass is 19.3. The molecule has 2 unspecified atom stereocenters. The van der Waals surface area contributed by atoms with Crippen molar-refractivity contribution in [1.29, 1.82) is 0 Å². The van der Waals surface area contributed by atoms with E-state index in [2.05, 4.69) is 5.32 Å². The zero-order valence-corrected chi connectivity index (χ0v) is 19.0. The lowest BCUT2D eigenvalue weighted by molar-refractivity contribution is -0.146. The van der Waals surface area contributed by atoms with E-state index < -0.39 is 49.4 Å². The number of carbonyl (C=O) groups is 3. The number of halogens is 2. The smallest absolute Gasteiger partial charge is 0.407 e. The average molecular weight is 475 g/mol. The van der Waals surface area contributed by atoms with Crippen LogP contribution >= 0.6 is 0 Å². The number of benzene rings is 2. The number of aliphatic carboxylic acids is 1. The van der Waals surface area contributed by atoms with E-state index in [1.807, 2.05) is 48.5 Å². The molecule has 2 amide bonds. The molecule has 2 aromatic carbocycles. The summed E-state index contributed by atoms with van der Waals surface area (Å²) in [6, 6.07) is 13.2. The van der Waals surface area contributed by atoms with Crippen molar-refractivity contribution in [3.8, 4) is 11.1 Å². The number of ether oxygens (including phenoxy) is 1. The summed E-state index contributed by atoms with van der Waals surface area (Å²) in [6.07, 6.45) is -4.38. The van der Waals surface area contributed by atoms with Crippen molar-refractivity contribution in [3.05, 3.63) is 59.7 Å². The second-order valence-corrected chi connectivity index (χ2v) is 8.29. The highest BCUT2D eigenvalue weighted by Crippen LogP contribution is 2.44. The Morgan fingerprint density at radius 3 is 2.12 bits per heavy atom. The van der Waals surface area contributed by atoms with Gasteiger partial charge >= 0.3 is 12.1 Å². The fraction of sp³-hybridized carbons (Fsp3) is 0.400. The van der Waals surface area contributed by atoms with Gasteiger partial charge in [0.2, 0.25) is 5.91 Å². The van der Waals surface area contributed by atoms with Gasteiger partial charge in [0.15, 0.2) is 0 Å². The van der Waals surface area contributed by atoms with Gasteiger partial charge in [-0.3, -0.25) is 9.59 Å². The number of nitrogens with zero attached hydrogens (tertiary/aromatic N) is 1. The summed E-state index contributed by atoms with van der Waals surface area (Å²) in [5.41, 5.74) is 4.03. The molecular weight excluding hydrogens is 446 g/mol. The number of hydrogen-bond acceptors (Lipinski definition) is 4. The van der Waals surface area contributed by atoms with Crippen molar-refractivity contribution in [2.45, 2.75) is 51.1 Å². The highest BCUT2D eigenvalue weighted by Gasteiger charge is 2.32. The third-order valence-corrected chi connectivity index (χ3v) is 6.09. The third-order valence-electron chi connectivity index (χ3n) is 6.09. The molecule has 0 saturated carbocycles. The van der Waals surface area contributed by atoms with Crippen molar-refractivity contribution in [3.63, 3.8) is 0 Å². The minimum absolute atomic E-state index is 0.0538. The van der Waals surface area contributed by atoms with Gasteiger partial charge in [-0.25, -0.2) is 13.6 Å². The van der Waals surface area contributed by atoms with Crippen LogP contribution in [0.5, 0.6) is 0 Å². The maximum atomic E-state index is 13.6. The SMILES string of the molecule is CCC(C)N(CC(=O)O)C(=O)CC(NC(=O)OCC1c2ccccc2-c2ccccc21)C(F)F. The quantitative estimate of drug-likeness (QED) is 0.537. The van der Waals surface area contributed by atoms with E-state index in [0.717, 1.165) is 27.2 Å². The van der Waals surface area contributed by atoms with Gasteiger partial charge in [-0.2, -0.15) is 0 Å². The molecule has 7 nitrogen and oxygen atoms in total. The van der Waals surface area contributed by atoms with Crippen molar-refractivity contribution in [2.24, 2.45) is 0 Å². The van der Waals surface area contributed by atoms with Crippen LogP contribution in [-0.4, -0.2) is 59.6 Å². The maximum absolute atomic E-state index is 13.6. The monoisotopic (exact) mass is 474 g/mol. The van der Waals surface area contributed by atoms with Crippen LogP contribution in [0, 0.1) is 0 Å². The number of nitrogens with one attached hydrogen (secondary N) is 1. The largest absolute Gasteiger partial charge is 0.480 e. The van der Waals surface area contributed by atoms with Crippen LogP contribution in [0.25, 0.3) is 11.1 Å². The Morgan fingerprint density at radius 2 is 1.62 bits per heavy atom. The number of alkyl halides is 2. The van der Waals surface area contributed by atoms with Gasteiger partial charge in [-0.05, 0) is 35.6 Å². The zero-order valence-electron chi connectivity index (χ0n) is 19.0. The van der Waals surface area contributed by atoms with Crippen LogP contribution in [0.3, 0.4) is 0 Å². The summed E-state index contributed by atoms with van der Waals surface area (Å²) in [5, 5.41) is 11.1. The summed E-state index contributed by atoms with van der Waals surface area (Å²) in [5.74, 6) is -2.26. The zero-order chi connectivity index (χ0) is 24.8. The molecule has 1 aliphatic rings. The molecule has 0 heterocycles. The van der Waals surface area contributed by atoms with E-state index >= 15 is 0 Å². The first-order valence-corrected chi connectivity index (χ1v) is 11.1.